The Hall–Kier alpha value is -1.11. The van der Waals surface area contributed by atoms with Gasteiger partial charge in [-0.1, -0.05) is 0 Å². The van der Waals surface area contributed by atoms with Gasteiger partial charge in [-0.25, -0.2) is 4.98 Å². The summed E-state index contributed by atoms with van der Waals surface area (Å²) in [7, 11) is 1.72. The zero-order valence-electron chi connectivity index (χ0n) is 12.0. The summed E-state index contributed by atoms with van der Waals surface area (Å²) in [6.45, 7) is 7.72. The molecule has 108 valence electrons. The van der Waals surface area contributed by atoms with Crippen LogP contribution in [0.25, 0.3) is 0 Å². The first-order chi connectivity index (χ1) is 9.15. The van der Waals surface area contributed by atoms with Gasteiger partial charge in [0.05, 0.1) is 31.1 Å². The maximum Gasteiger partial charge on any atom is 0.206 e. The molecule has 1 aliphatic rings. The van der Waals surface area contributed by atoms with E-state index in [1.807, 2.05) is 6.92 Å². The molecule has 1 aromatic rings. The van der Waals surface area contributed by atoms with Crippen molar-refractivity contribution in [1.29, 1.82) is 0 Å². The molecule has 2 unspecified atom stereocenters. The van der Waals surface area contributed by atoms with Crippen LogP contribution in [0, 0.1) is 6.92 Å². The molecule has 0 bridgehead atoms. The Morgan fingerprint density at radius 2 is 2.42 bits per heavy atom. The number of imidazole rings is 1. The molecule has 2 heterocycles. The summed E-state index contributed by atoms with van der Waals surface area (Å²) in [5.74, 6) is 0.990. The summed E-state index contributed by atoms with van der Waals surface area (Å²) >= 11 is 0. The second-order valence-corrected chi connectivity index (χ2v) is 5.07. The number of aryl methyl sites for hydroxylation is 1. The number of nitrogens with two attached hydrogens (primary N) is 1. The zero-order valence-corrected chi connectivity index (χ0v) is 12.0. The van der Waals surface area contributed by atoms with E-state index in [-0.39, 0.29) is 12.1 Å². The molecule has 2 rings (SSSR count). The van der Waals surface area contributed by atoms with Crippen molar-refractivity contribution < 1.29 is 9.47 Å². The highest BCUT2D eigenvalue weighted by Crippen LogP contribution is 2.22. The Morgan fingerprint density at radius 1 is 1.63 bits per heavy atom. The molecule has 1 fully saturated rings. The standard InChI is InChI=1S/C13H24N4O2/c1-10-7-17(11(2)9-18-3)13(15-10)16-4-5-19-12(6-14)8-16/h7,11-12H,4-6,8-9,14H2,1-3H3. The summed E-state index contributed by atoms with van der Waals surface area (Å²) in [4.78, 5) is 6.89. The van der Waals surface area contributed by atoms with Gasteiger partial charge in [0, 0.05) is 32.9 Å². The Balaban J connectivity index is 2.18. The van der Waals surface area contributed by atoms with Crippen LogP contribution in [0.5, 0.6) is 0 Å². The molecule has 0 radical (unpaired) electrons. The quantitative estimate of drug-likeness (QED) is 0.845. The van der Waals surface area contributed by atoms with Crippen molar-refractivity contribution in [2.24, 2.45) is 5.73 Å². The SMILES string of the molecule is COCC(C)n1cc(C)nc1N1CCOC(CN)C1. The third-order valence-electron chi connectivity index (χ3n) is 3.40. The molecule has 1 aromatic heterocycles. The maximum absolute atomic E-state index is 5.70. The molecular weight excluding hydrogens is 244 g/mol. The number of nitrogens with zero attached hydrogens (tertiary/aromatic N) is 3. The van der Waals surface area contributed by atoms with E-state index >= 15 is 0 Å². The monoisotopic (exact) mass is 268 g/mol. The number of morpholine rings is 1. The van der Waals surface area contributed by atoms with E-state index in [1.54, 1.807) is 7.11 Å². The molecule has 6 nitrogen and oxygen atoms in total. The number of hydrogen-bond donors (Lipinski definition) is 1. The number of methoxy groups -OCH3 is 1. The lowest BCUT2D eigenvalue weighted by atomic mass is 10.3. The van der Waals surface area contributed by atoms with Crippen LogP contribution in [0.2, 0.25) is 0 Å². The lowest BCUT2D eigenvalue weighted by molar-refractivity contribution is 0.0455. The van der Waals surface area contributed by atoms with Crippen molar-refractivity contribution in [2.75, 3.05) is 44.9 Å². The Bertz CT molecular complexity index is 407. The van der Waals surface area contributed by atoms with Crippen LogP contribution in [-0.2, 0) is 9.47 Å². The fourth-order valence-corrected chi connectivity index (χ4v) is 2.43. The first kappa shape index (κ1) is 14.3. The number of anilines is 1. The molecule has 2 atom stereocenters. The molecule has 0 spiro atoms. The maximum atomic E-state index is 5.70. The van der Waals surface area contributed by atoms with Crippen molar-refractivity contribution in [3.63, 3.8) is 0 Å². The molecular formula is C13H24N4O2. The number of aromatic nitrogens is 2. The van der Waals surface area contributed by atoms with E-state index < -0.39 is 0 Å². The molecule has 0 amide bonds. The lowest BCUT2D eigenvalue weighted by Gasteiger charge is -2.34. The summed E-state index contributed by atoms with van der Waals surface area (Å²) in [5, 5.41) is 0. The van der Waals surface area contributed by atoms with E-state index in [9.17, 15) is 0 Å². The number of hydrogen-bond acceptors (Lipinski definition) is 5. The Morgan fingerprint density at radius 3 is 3.11 bits per heavy atom. The van der Waals surface area contributed by atoms with Gasteiger partial charge in [0.25, 0.3) is 0 Å². The van der Waals surface area contributed by atoms with Gasteiger partial charge in [0.2, 0.25) is 5.95 Å². The van der Waals surface area contributed by atoms with Gasteiger partial charge in [-0.2, -0.15) is 0 Å². The van der Waals surface area contributed by atoms with Gasteiger partial charge >= 0.3 is 0 Å². The average molecular weight is 268 g/mol. The fourth-order valence-electron chi connectivity index (χ4n) is 2.43. The van der Waals surface area contributed by atoms with Crippen molar-refractivity contribution in [1.82, 2.24) is 9.55 Å². The predicted octanol–water partition coefficient (Wildman–Crippen LogP) is 0.563. The first-order valence-electron chi connectivity index (χ1n) is 6.76. The predicted molar refractivity (Wildman–Crippen MR) is 74.6 cm³/mol. The topological polar surface area (TPSA) is 65.5 Å². The minimum atomic E-state index is 0.0944. The summed E-state index contributed by atoms with van der Waals surface area (Å²) < 4.78 is 13.0. The van der Waals surface area contributed by atoms with Crippen LogP contribution in [-0.4, -0.2) is 55.6 Å². The number of rotatable bonds is 5. The van der Waals surface area contributed by atoms with Gasteiger partial charge < -0.3 is 24.7 Å². The van der Waals surface area contributed by atoms with Gasteiger partial charge in [0.1, 0.15) is 0 Å². The van der Waals surface area contributed by atoms with Gasteiger partial charge in [0.15, 0.2) is 0 Å². The molecule has 6 heteroatoms. The minimum absolute atomic E-state index is 0.0944. The molecule has 19 heavy (non-hydrogen) atoms. The van der Waals surface area contributed by atoms with Crippen molar-refractivity contribution in [3.8, 4) is 0 Å². The van der Waals surface area contributed by atoms with E-state index in [0.717, 1.165) is 24.7 Å². The average Bonchev–Trinajstić information content (AvgIpc) is 2.81. The smallest absolute Gasteiger partial charge is 0.206 e. The van der Waals surface area contributed by atoms with Gasteiger partial charge in [-0.05, 0) is 13.8 Å². The van der Waals surface area contributed by atoms with E-state index in [1.165, 1.54) is 0 Å². The molecule has 0 saturated carbocycles. The summed E-state index contributed by atoms with van der Waals surface area (Å²) in [5.41, 5.74) is 6.72. The minimum Gasteiger partial charge on any atom is -0.383 e. The summed E-state index contributed by atoms with van der Waals surface area (Å²) in [6.07, 6.45) is 2.17. The highest BCUT2D eigenvalue weighted by molar-refractivity contribution is 5.35. The summed E-state index contributed by atoms with van der Waals surface area (Å²) in [6, 6.07) is 0.264. The van der Waals surface area contributed by atoms with Crippen molar-refractivity contribution in [3.05, 3.63) is 11.9 Å². The van der Waals surface area contributed by atoms with Gasteiger partial charge in [-0.15, -0.1) is 0 Å². The van der Waals surface area contributed by atoms with Crippen LogP contribution < -0.4 is 10.6 Å². The van der Waals surface area contributed by atoms with Crippen LogP contribution in [0.1, 0.15) is 18.7 Å². The van der Waals surface area contributed by atoms with Crippen LogP contribution >= 0.6 is 0 Å². The Kier molecular flexibility index (Phi) is 4.79. The largest absolute Gasteiger partial charge is 0.383 e. The molecule has 1 aliphatic heterocycles. The molecule has 0 aliphatic carbocycles. The molecule has 2 N–H and O–H groups in total. The first-order valence-corrected chi connectivity index (χ1v) is 6.76. The third-order valence-corrected chi connectivity index (χ3v) is 3.40. The van der Waals surface area contributed by atoms with Crippen molar-refractivity contribution >= 4 is 5.95 Å². The lowest BCUT2D eigenvalue weighted by Crippen LogP contribution is -2.46. The highest BCUT2D eigenvalue weighted by atomic mass is 16.5. The van der Waals surface area contributed by atoms with Crippen molar-refractivity contribution in [2.45, 2.75) is 26.0 Å². The highest BCUT2D eigenvalue weighted by Gasteiger charge is 2.24. The van der Waals surface area contributed by atoms with Crippen LogP contribution in [0.4, 0.5) is 5.95 Å². The number of ether oxygens (including phenoxy) is 2. The Labute approximate surface area is 114 Å². The van der Waals surface area contributed by atoms with Crippen LogP contribution in [0.3, 0.4) is 0 Å². The fraction of sp³-hybridized carbons (Fsp3) is 0.769. The van der Waals surface area contributed by atoms with E-state index in [4.69, 9.17) is 15.2 Å². The second-order valence-electron chi connectivity index (χ2n) is 5.07. The zero-order chi connectivity index (χ0) is 13.8. The molecule has 1 saturated heterocycles. The van der Waals surface area contributed by atoms with E-state index in [2.05, 4.69) is 27.6 Å². The van der Waals surface area contributed by atoms with Crippen LogP contribution in [0.15, 0.2) is 6.20 Å². The third kappa shape index (κ3) is 3.26. The second kappa shape index (κ2) is 6.36. The van der Waals surface area contributed by atoms with Gasteiger partial charge in [-0.3, -0.25) is 0 Å². The van der Waals surface area contributed by atoms with E-state index in [0.29, 0.717) is 19.8 Å². The molecule has 0 aromatic carbocycles. The normalized spacial score (nSPS) is 21.7.